The summed E-state index contributed by atoms with van der Waals surface area (Å²) in [4.78, 5) is 32.8. The molecule has 1 N–H and O–H groups in total. The van der Waals surface area contributed by atoms with E-state index in [9.17, 15) is 9.59 Å². The number of thiophene rings is 1. The fourth-order valence-corrected chi connectivity index (χ4v) is 5.74. The van der Waals surface area contributed by atoms with Crippen molar-refractivity contribution < 1.29 is 4.79 Å². The van der Waals surface area contributed by atoms with Crippen LogP contribution < -0.4 is 10.9 Å². The van der Waals surface area contributed by atoms with Crippen molar-refractivity contribution in [1.29, 1.82) is 0 Å². The molecule has 5 nitrogen and oxygen atoms in total. The molecule has 0 aliphatic heterocycles. The summed E-state index contributed by atoms with van der Waals surface area (Å²) in [5.74, 6) is 0.146. The maximum absolute atomic E-state index is 13.5. The molecule has 1 amide bonds. The van der Waals surface area contributed by atoms with E-state index in [2.05, 4.69) is 5.32 Å². The molecule has 1 aromatic carbocycles. The number of rotatable bonds is 4. The van der Waals surface area contributed by atoms with Crippen molar-refractivity contribution in [2.75, 3.05) is 5.75 Å². The van der Waals surface area contributed by atoms with E-state index in [-0.39, 0.29) is 22.8 Å². The monoisotopic (exact) mass is 427 g/mol. The van der Waals surface area contributed by atoms with Crippen LogP contribution in [0.2, 0.25) is 0 Å². The van der Waals surface area contributed by atoms with Crippen LogP contribution in [0.3, 0.4) is 0 Å². The van der Waals surface area contributed by atoms with Crippen molar-refractivity contribution >= 4 is 39.2 Å². The van der Waals surface area contributed by atoms with Gasteiger partial charge in [-0.05, 0) is 64.7 Å². The lowest BCUT2D eigenvalue weighted by Crippen LogP contribution is -2.41. The Hall–Kier alpha value is -2.12. The lowest BCUT2D eigenvalue weighted by Gasteiger charge is -2.20. The minimum Gasteiger partial charge on any atom is -0.351 e. The molecule has 2 heterocycles. The first-order chi connectivity index (χ1) is 13.7. The van der Waals surface area contributed by atoms with Crippen molar-refractivity contribution in [3.63, 3.8) is 0 Å². The molecule has 0 unspecified atom stereocenters. The number of thioether (sulfide) groups is 1. The summed E-state index contributed by atoms with van der Waals surface area (Å²) in [5, 5.41) is 4.29. The highest BCUT2D eigenvalue weighted by molar-refractivity contribution is 7.99. The molecule has 0 spiro atoms. The Kier molecular flexibility index (Phi) is 5.29. The maximum atomic E-state index is 13.5. The van der Waals surface area contributed by atoms with Gasteiger partial charge in [-0.2, -0.15) is 0 Å². The second kappa shape index (κ2) is 7.61. The average Bonchev–Trinajstić information content (AvgIpc) is 3.20. The summed E-state index contributed by atoms with van der Waals surface area (Å²) in [7, 11) is 0. The highest BCUT2D eigenvalue weighted by Gasteiger charge is 2.24. The van der Waals surface area contributed by atoms with Crippen LogP contribution in [0.5, 0.6) is 0 Å². The van der Waals surface area contributed by atoms with Gasteiger partial charge in [0.15, 0.2) is 5.16 Å². The first-order valence-corrected chi connectivity index (χ1v) is 11.6. The number of carbonyl (C=O) groups is 1. The van der Waals surface area contributed by atoms with Gasteiger partial charge < -0.3 is 5.32 Å². The van der Waals surface area contributed by atoms with E-state index in [1.165, 1.54) is 22.2 Å². The Balaban J connectivity index is 1.79. The fourth-order valence-electron chi connectivity index (χ4n) is 3.63. The van der Waals surface area contributed by atoms with Gasteiger partial charge in [0.2, 0.25) is 5.91 Å². The van der Waals surface area contributed by atoms with E-state index in [0.29, 0.717) is 5.16 Å². The quantitative estimate of drug-likeness (QED) is 0.499. The molecule has 2 aromatic heterocycles. The Bertz CT molecular complexity index is 1140. The number of nitrogens with zero attached hydrogens (tertiary/aromatic N) is 2. The third kappa shape index (κ3) is 4.12. The minimum absolute atomic E-state index is 0.0306. The number of hydrogen-bond donors (Lipinski definition) is 1. The van der Waals surface area contributed by atoms with Crippen LogP contribution in [-0.4, -0.2) is 26.8 Å². The van der Waals surface area contributed by atoms with E-state index in [1.807, 2.05) is 52.0 Å². The van der Waals surface area contributed by atoms with Crippen LogP contribution in [0.4, 0.5) is 0 Å². The number of aryl methyl sites for hydroxylation is 3. The molecule has 0 bridgehead atoms. The zero-order chi connectivity index (χ0) is 20.8. The molecule has 1 aliphatic rings. The number of hydrogen-bond acceptors (Lipinski definition) is 5. The molecular formula is C22H25N3O2S2. The first-order valence-electron chi connectivity index (χ1n) is 9.81. The Morgan fingerprint density at radius 1 is 1.24 bits per heavy atom. The topological polar surface area (TPSA) is 64.0 Å². The highest BCUT2D eigenvalue weighted by Crippen LogP contribution is 2.36. The van der Waals surface area contributed by atoms with Crippen molar-refractivity contribution in [2.24, 2.45) is 0 Å². The molecule has 0 saturated heterocycles. The SMILES string of the molecule is Cc1ccc(-n2c(SCC(=O)NC(C)(C)C)nc3sc4c(c3c2=O)CCC4)cc1. The number of nitrogens with one attached hydrogen (secondary N) is 1. The number of carbonyl (C=O) groups excluding carboxylic acids is 1. The number of amides is 1. The van der Waals surface area contributed by atoms with Gasteiger partial charge >= 0.3 is 0 Å². The van der Waals surface area contributed by atoms with E-state index in [1.54, 1.807) is 15.9 Å². The lowest BCUT2D eigenvalue weighted by atomic mass is 10.1. The van der Waals surface area contributed by atoms with E-state index < -0.39 is 0 Å². The van der Waals surface area contributed by atoms with Gasteiger partial charge in [-0.3, -0.25) is 14.2 Å². The van der Waals surface area contributed by atoms with Gasteiger partial charge in [0, 0.05) is 10.4 Å². The molecule has 152 valence electrons. The molecule has 0 fully saturated rings. The minimum atomic E-state index is -0.291. The van der Waals surface area contributed by atoms with Crippen molar-refractivity contribution in [3.8, 4) is 5.69 Å². The first kappa shape index (κ1) is 20.2. The normalized spacial score (nSPS) is 13.7. The van der Waals surface area contributed by atoms with E-state index >= 15 is 0 Å². The number of benzene rings is 1. The molecule has 7 heteroatoms. The van der Waals surface area contributed by atoms with Crippen LogP contribution >= 0.6 is 23.1 Å². The Morgan fingerprint density at radius 2 is 1.97 bits per heavy atom. The van der Waals surface area contributed by atoms with Crippen LogP contribution in [0.1, 0.15) is 43.2 Å². The smallest absolute Gasteiger partial charge is 0.267 e. The van der Waals surface area contributed by atoms with Crippen LogP contribution in [-0.2, 0) is 17.6 Å². The summed E-state index contributed by atoms with van der Waals surface area (Å²) < 4.78 is 1.67. The van der Waals surface area contributed by atoms with Gasteiger partial charge in [-0.15, -0.1) is 11.3 Å². The third-order valence-electron chi connectivity index (χ3n) is 4.85. The third-order valence-corrected chi connectivity index (χ3v) is 6.97. The van der Waals surface area contributed by atoms with Gasteiger partial charge in [0.25, 0.3) is 5.56 Å². The summed E-state index contributed by atoms with van der Waals surface area (Å²) in [6.45, 7) is 7.88. The zero-order valence-corrected chi connectivity index (χ0v) is 18.8. The largest absolute Gasteiger partial charge is 0.351 e. The second-order valence-corrected chi connectivity index (χ2v) is 10.5. The van der Waals surface area contributed by atoms with Crippen LogP contribution in [0.15, 0.2) is 34.2 Å². The Morgan fingerprint density at radius 3 is 2.66 bits per heavy atom. The number of aromatic nitrogens is 2. The van der Waals surface area contributed by atoms with Gasteiger partial charge in [-0.1, -0.05) is 29.5 Å². The molecular weight excluding hydrogens is 402 g/mol. The lowest BCUT2D eigenvalue weighted by molar-refractivity contribution is -0.119. The molecule has 4 rings (SSSR count). The fraction of sp³-hybridized carbons (Fsp3) is 0.409. The van der Waals surface area contributed by atoms with Gasteiger partial charge in [0.05, 0.1) is 16.8 Å². The van der Waals surface area contributed by atoms with Gasteiger partial charge in [0.1, 0.15) is 4.83 Å². The van der Waals surface area contributed by atoms with Crippen molar-refractivity contribution in [2.45, 2.75) is 57.7 Å². The average molecular weight is 428 g/mol. The molecule has 0 atom stereocenters. The molecule has 1 aliphatic carbocycles. The number of fused-ring (bicyclic) bond motifs is 3. The predicted octanol–water partition coefficient (Wildman–Crippen LogP) is 4.25. The summed E-state index contributed by atoms with van der Waals surface area (Å²) >= 11 is 2.94. The van der Waals surface area contributed by atoms with Crippen LogP contribution in [0.25, 0.3) is 15.9 Å². The summed E-state index contributed by atoms with van der Waals surface area (Å²) in [6, 6.07) is 7.86. The maximum Gasteiger partial charge on any atom is 0.267 e. The molecule has 3 aromatic rings. The molecule has 29 heavy (non-hydrogen) atoms. The predicted molar refractivity (Wildman–Crippen MR) is 121 cm³/mol. The van der Waals surface area contributed by atoms with E-state index in [4.69, 9.17) is 4.98 Å². The standard InChI is InChI=1S/C22H25N3O2S2/c1-13-8-10-14(11-9-13)25-20(27)18-15-6-5-7-16(15)29-19(18)23-21(25)28-12-17(26)24-22(2,3)4/h8-11H,5-7,12H2,1-4H3,(H,24,26). The highest BCUT2D eigenvalue weighted by atomic mass is 32.2. The van der Waals surface area contributed by atoms with Crippen molar-refractivity contribution in [3.05, 3.63) is 50.6 Å². The van der Waals surface area contributed by atoms with Crippen LogP contribution in [0, 0.1) is 6.92 Å². The van der Waals surface area contributed by atoms with E-state index in [0.717, 1.165) is 40.7 Å². The van der Waals surface area contributed by atoms with Crippen molar-refractivity contribution in [1.82, 2.24) is 14.9 Å². The Labute approximate surface area is 178 Å². The zero-order valence-electron chi connectivity index (χ0n) is 17.2. The molecule has 0 saturated carbocycles. The molecule has 0 radical (unpaired) electrons. The second-order valence-electron chi connectivity index (χ2n) is 8.49. The summed E-state index contributed by atoms with van der Waals surface area (Å²) in [5.41, 5.74) is 2.76. The summed E-state index contributed by atoms with van der Waals surface area (Å²) in [6.07, 6.45) is 3.07. The van der Waals surface area contributed by atoms with Gasteiger partial charge in [-0.25, -0.2) is 4.98 Å².